The zero-order chi connectivity index (χ0) is 19.6. The number of methoxy groups -OCH3 is 1. The molecule has 152 valence electrons. The number of esters is 1. The SMILES string of the molecule is COCCCOc1ccc2[nH]cc(C(=O)OCC34CCC(CC3)CC4)c2c1C. The fraction of sp³-hybridized carbons (Fsp3) is 0.609. The minimum atomic E-state index is -0.229. The van der Waals surface area contributed by atoms with Gasteiger partial charge in [-0.3, -0.25) is 0 Å². The number of benzene rings is 1. The maximum atomic E-state index is 12.9. The van der Waals surface area contributed by atoms with Gasteiger partial charge in [-0.1, -0.05) is 0 Å². The number of fused-ring (bicyclic) bond motifs is 4. The van der Waals surface area contributed by atoms with Crippen molar-refractivity contribution in [2.45, 2.75) is 51.9 Å². The highest BCUT2D eigenvalue weighted by Gasteiger charge is 2.41. The quantitative estimate of drug-likeness (QED) is 0.512. The third-order valence-corrected chi connectivity index (χ3v) is 6.79. The number of hydrogen-bond donors (Lipinski definition) is 1. The summed E-state index contributed by atoms with van der Waals surface area (Å²) >= 11 is 0. The molecule has 1 aromatic carbocycles. The number of aromatic nitrogens is 1. The summed E-state index contributed by atoms with van der Waals surface area (Å²) in [5, 5.41) is 0.902. The number of nitrogens with one attached hydrogen (secondary N) is 1. The van der Waals surface area contributed by atoms with Gasteiger partial charge >= 0.3 is 5.97 Å². The molecule has 5 rings (SSSR count). The van der Waals surface area contributed by atoms with Crippen LogP contribution in [0.15, 0.2) is 18.3 Å². The van der Waals surface area contributed by atoms with Gasteiger partial charge in [-0.25, -0.2) is 4.79 Å². The van der Waals surface area contributed by atoms with E-state index >= 15 is 0 Å². The summed E-state index contributed by atoms with van der Waals surface area (Å²) in [6, 6.07) is 3.92. The second-order valence-electron chi connectivity index (χ2n) is 8.57. The Morgan fingerprint density at radius 1 is 1.18 bits per heavy atom. The van der Waals surface area contributed by atoms with Crippen molar-refractivity contribution in [1.82, 2.24) is 4.98 Å². The van der Waals surface area contributed by atoms with Crippen molar-refractivity contribution in [2.75, 3.05) is 26.9 Å². The lowest BCUT2D eigenvalue weighted by molar-refractivity contribution is -0.0144. The van der Waals surface area contributed by atoms with E-state index in [1.54, 1.807) is 13.3 Å². The summed E-state index contributed by atoms with van der Waals surface area (Å²) in [4.78, 5) is 16.1. The topological polar surface area (TPSA) is 60.5 Å². The fourth-order valence-corrected chi connectivity index (χ4v) is 4.94. The Hall–Kier alpha value is -2.01. The lowest BCUT2D eigenvalue weighted by atomic mass is 9.61. The summed E-state index contributed by atoms with van der Waals surface area (Å²) in [7, 11) is 1.69. The number of carbonyl (C=O) groups is 1. The first kappa shape index (κ1) is 19.3. The summed E-state index contributed by atoms with van der Waals surface area (Å²) in [5.41, 5.74) is 2.74. The van der Waals surface area contributed by atoms with Crippen LogP contribution in [0.25, 0.3) is 10.9 Å². The van der Waals surface area contributed by atoms with Crippen LogP contribution in [-0.2, 0) is 9.47 Å². The van der Waals surface area contributed by atoms with Crippen molar-refractivity contribution >= 4 is 16.9 Å². The third kappa shape index (κ3) is 3.77. The minimum Gasteiger partial charge on any atom is -0.493 e. The number of aromatic amines is 1. The first-order valence-corrected chi connectivity index (χ1v) is 10.5. The Labute approximate surface area is 166 Å². The van der Waals surface area contributed by atoms with Crippen LogP contribution in [0, 0.1) is 18.3 Å². The molecule has 0 unspecified atom stereocenters. The Morgan fingerprint density at radius 3 is 2.64 bits per heavy atom. The van der Waals surface area contributed by atoms with Gasteiger partial charge in [0, 0.05) is 48.2 Å². The highest BCUT2D eigenvalue weighted by Crippen LogP contribution is 2.50. The standard InChI is InChI=1S/C23H31NO4/c1-16-20(27-13-3-12-26-2)5-4-19-21(16)18(14-24-19)22(25)28-15-23-9-6-17(7-10-23)8-11-23/h4-5,14,17,24H,3,6-13,15H2,1-2H3. The molecule has 0 radical (unpaired) electrons. The lowest BCUT2D eigenvalue weighted by Crippen LogP contribution is -2.38. The van der Waals surface area contributed by atoms with E-state index in [0.717, 1.165) is 34.6 Å². The van der Waals surface area contributed by atoms with Gasteiger partial charge in [-0.15, -0.1) is 0 Å². The van der Waals surface area contributed by atoms with Crippen molar-refractivity contribution in [2.24, 2.45) is 11.3 Å². The van der Waals surface area contributed by atoms with Gasteiger partial charge in [0.1, 0.15) is 5.75 Å². The zero-order valence-electron chi connectivity index (χ0n) is 17.0. The number of aryl methyl sites for hydroxylation is 1. The average molecular weight is 386 g/mol. The molecule has 1 N–H and O–H groups in total. The molecule has 5 heteroatoms. The van der Waals surface area contributed by atoms with Crippen LogP contribution in [0.2, 0.25) is 0 Å². The Kier molecular flexibility index (Phi) is 5.63. The fourth-order valence-electron chi connectivity index (χ4n) is 4.94. The normalized spacial score (nSPS) is 23.9. The molecule has 0 saturated heterocycles. The van der Waals surface area contributed by atoms with Crippen LogP contribution in [0.3, 0.4) is 0 Å². The molecule has 3 fully saturated rings. The van der Waals surface area contributed by atoms with Crippen molar-refractivity contribution in [3.63, 3.8) is 0 Å². The lowest BCUT2D eigenvalue weighted by Gasteiger charge is -2.45. The van der Waals surface area contributed by atoms with Crippen LogP contribution in [0.1, 0.15) is 60.9 Å². The molecule has 3 aliphatic rings. The minimum absolute atomic E-state index is 0.223. The molecule has 3 aliphatic carbocycles. The molecule has 1 aromatic heterocycles. The zero-order valence-corrected chi connectivity index (χ0v) is 17.0. The number of H-pyrrole nitrogens is 1. The average Bonchev–Trinajstić information content (AvgIpc) is 3.17. The van der Waals surface area contributed by atoms with Crippen molar-refractivity contribution in [3.8, 4) is 5.75 Å². The summed E-state index contributed by atoms with van der Waals surface area (Å²) in [6.07, 6.45) is 10.1. The van der Waals surface area contributed by atoms with E-state index in [9.17, 15) is 4.79 Å². The molecular weight excluding hydrogens is 354 g/mol. The molecule has 0 aliphatic heterocycles. The third-order valence-electron chi connectivity index (χ3n) is 6.79. The predicted octanol–water partition coefficient (Wildman–Crippen LogP) is 5.02. The van der Waals surface area contributed by atoms with Gasteiger partial charge in [0.2, 0.25) is 0 Å². The van der Waals surface area contributed by atoms with E-state index in [2.05, 4.69) is 4.98 Å². The van der Waals surface area contributed by atoms with E-state index in [1.165, 1.54) is 38.5 Å². The molecule has 2 aromatic rings. The second-order valence-corrected chi connectivity index (χ2v) is 8.57. The number of hydrogen-bond acceptors (Lipinski definition) is 4. The Morgan fingerprint density at radius 2 is 1.93 bits per heavy atom. The van der Waals surface area contributed by atoms with Gasteiger partial charge in [-0.2, -0.15) is 0 Å². The van der Waals surface area contributed by atoms with E-state index in [4.69, 9.17) is 14.2 Å². The molecular formula is C23H31NO4. The number of carbonyl (C=O) groups excluding carboxylic acids is 1. The Balaban J connectivity index is 1.47. The molecule has 28 heavy (non-hydrogen) atoms. The molecule has 3 saturated carbocycles. The largest absolute Gasteiger partial charge is 0.493 e. The first-order chi connectivity index (χ1) is 13.6. The molecule has 1 heterocycles. The van der Waals surface area contributed by atoms with Crippen LogP contribution >= 0.6 is 0 Å². The summed E-state index contributed by atoms with van der Waals surface area (Å²) in [5.74, 6) is 1.49. The van der Waals surface area contributed by atoms with E-state index in [1.807, 2.05) is 19.1 Å². The van der Waals surface area contributed by atoms with Crippen molar-refractivity contribution < 1.29 is 19.0 Å². The maximum absolute atomic E-state index is 12.9. The van der Waals surface area contributed by atoms with Gasteiger partial charge in [0.15, 0.2) is 0 Å². The predicted molar refractivity (Wildman–Crippen MR) is 109 cm³/mol. The summed E-state index contributed by atoms with van der Waals surface area (Å²) in [6.45, 7) is 3.82. The summed E-state index contributed by atoms with van der Waals surface area (Å²) < 4.78 is 16.8. The van der Waals surface area contributed by atoms with E-state index in [-0.39, 0.29) is 11.4 Å². The first-order valence-electron chi connectivity index (χ1n) is 10.5. The monoisotopic (exact) mass is 385 g/mol. The van der Waals surface area contributed by atoms with Crippen LogP contribution in [0.5, 0.6) is 5.75 Å². The van der Waals surface area contributed by atoms with Gasteiger partial charge in [-0.05, 0) is 63.5 Å². The molecule has 0 spiro atoms. The smallest absolute Gasteiger partial charge is 0.340 e. The van der Waals surface area contributed by atoms with Gasteiger partial charge < -0.3 is 19.2 Å². The number of ether oxygens (including phenoxy) is 3. The number of rotatable bonds is 8. The highest BCUT2D eigenvalue weighted by molar-refractivity contribution is 6.06. The van der Waals surface area contributed by atoms with Crippen LogP contribution in [-0.4, -0.2) is 37.9 Å². The second kappa shape index (κ2) is 8.16. The highest BCUT2D eigenvalue weighted by atomic mass is 16.5. The molecule has 0 amide bonds. The Bertz CT molecular complexity index is 819. The molecule has 0 atom stereocenters. The van der Waals surface area contributed by atoms with Gasteiger partial charge in [0.05, 0.1) is 18.8 Å². The van der Waals surface area contributed by atoms with Crippen LogP contribution in [0.4, 0.5) is 0 Å². The van der Waals surface area contributed by atoms with E-state index in [0.29, 0.717) is 25.4 Å². The molecule has 2 bridgehead atoms. The van der Waals surface area contributed by atoms with E-state index < -0.39 is 0 Å². The van der Waals surface area contributed by atoms with Crippen molar-refractivity contribution in [1.29, 1.82) is 0 Å². The van der Waals surface area contributed by atoms with Crippen LogP contribution < -0.4 is 4.74 Å². The molecule has 5 nitrogen and oxygen atoms in total. The maximum Gasteiger partial charge on any atom is 0.340 e. The van der Waals surface area contributed by atoms with Crippen molar-refractivity contribution in [3.05, 3.63) is 29.5 Å². The van der Waals surface area contributed by atoms with Gasteiger partial charge in [0.25, 0.3) is 0 Å².